The Balaban J connectivity index is 1.51. The Labute approximate surface area is 217 Å². The topological polar surface area (TPSA) is 112 Å². The van der Waals surface area contributed by atoms with E-state index >= 15 is 0 Å². The number of carboxylic acids is 1. The van der Waals surface area contributed by atoms with Crippen molar-refractivity contribution >= 4 is 27.0 Å². The zero-order chi connectivity index (χ0) is 26.3. The van der Waals surface area contributed by atoms with Crippen LogP contribution in [-0.4, -0.2) is 24.5 Å². The quantitative estimate of drug-likeness (QED) is 0.294. The van der Waals surface area contributed by atoms with Crippen molar-refractivity contribution in [1.82, 2.24) is 4.98 Å². The van der Waals surface area contributed by atoms with Gasteiger partial charge in [-0.3, -0.25) is 4.98 Å². The van der Waals surface area contributed by atoms with Gasteiger partial charge in [-0.25, -0.2) is 4.79 Å². The minimum atomic E-state index is -4.46. The van der Waals surface area contributed by atoms with Crippen molar-refractivity contribution in [2.75, 3.05) is 0 Å². The first-order chi connectivity index (χ1) is 18.4. The summed E-state index contributed by atoms with van der Waals surface area (Å²) >= 11 is 0. The zero-order valence-electron chi connectivity index (χ0n) is 19.6. The molecule has 1 aliphatic rings. The molecule has 5 aromatic rings. The highest BCUT2D eigenvalue weighted by Crippen LogP contribution is 2.53. The number of carboxylic acid groups (broad SMARTS) is 1. The number of benzene rings is 4. The number of fused-ring (bicyclic) bond motifs is 2. The number of rotatable bonds is 6. The second kappa shape index (κ2) is 8.89. The van der Waals surface area contributed by atoms with Crippen molar-refractivity contribution in [2.24, 2.45) is 0 Å². The molecule has 1 aliphatic heterocycles. The molecule has 9 heteroatoms. The number of nitrogens with zero attached hydrogens (tertiary/aromatic N) is 1. The van der Waals surface area contributed by atoms with Crippen LogP contribution < -0.4 is 13.7 Å². The highest BCUT2D eigenvalue weighted by Gasteiger charge is 2.47. The fraction of sp³-hybridized carbons (Fsp3) is 0.0345. The first-order valence-corrected chi connectivity index (χ1v) is 13.0. The molecule has 8 nitrogen and oxygen atoms in total. The van der Waals surface area contributed by atoms with E-state index in [-0.39, 0.29) is 33.2 Å². The van der Waals surface area contributed by atoms with Gasteiger partial charge in [0.15, 0.2) is 11.5 Å². The minimum Gasteiger partial charge on any atom is -0.478 e. The molecule has 0 aliphatic carbocycles. The Kier molecular flexibility index (Phi) is 5.50. The molecule has 0 atom stereocenters. The van der Waals surface area contributed by atoms with Crippen LogP contribution in [0.3, 0.4) is 0 Å². The van der Waals surface area contributed by atoms with E-state index in [1.54, 1.807) is 48.5 Å². The second-order valence-electron chi connectivity index (χ2n) is 8.53. The zero-order valence-corrected chi connectivity index (χ0v) is 20.5. The maximum absolute atomic E-state index is 13.5. The van der Waals surface area contributed by atoms with E-state index in [4.69, 9.17) is 13.7 Å². The fourth-order valence-corrected chi connectivity index (χ4v) is 5.52. The van der Waals surface area contributed by atoms with Gasteiger partial charge < -0.3 is 18.8 Å². The number of hydrogen-bond donors (Lipinski definition) is 1. The predicted molar refractivity (Wildman–Crippen MR) is 138 cm³/mol. The minimum absolute atomic E-state index is 0.0267. The summed E-state index contributed by atoms with van der Waals surface area (Å²) in [5.74, 6) is -3.13. The van der Waals surface area contributed by atoms with Gasteiger partial charge in [0.05, 0.1) is 11.1 Å². The summed E-state index contributed by atoms with van der Waals surface area (Å²) in [4.78, 5) is 16.0. The van der Waals surface area contributed by atoms with Crippen LogP contribution >= 0.6 is 0 Å². The van der Waals surface area contributed by atoms with Crippen molar-refractivity contribution in [1.29, 1.82) is 0 Å². The second-order valence-corrected chi connectivity index (χ2v) is 10.0. The lowest BCUT2D eigenvalue weighted by atomic mass is 9.97. The third kappa shape index (κ3) is 3.89. The molecule has 4 aromatic carbocycles. The Morgan fingerprint density at radius 3 is 2.13 bits per heavy atom. The van der Waals surface area contributed by atoms with E-state index in [0.29, 0.717) is 16.5 Å². The number of ether oxygens (including phenoxy) is 2. The van der Waals surface area contributed by atoms with Gasteiger partial charge in [-0.2, -0.15) is 8.42 Å². The summed E-state index contributed by atoms with van der Waals surface area (Å²) in [6.45, 7) is 0. The standard InChI is InChI=1S/C29H19NO7S/c31-28(32)20-17-23-27(36-29(35-23,21-11-3-1-4-12-21)22-13-5-2-6-14-22)24(18-20)37-38(33,34)25-15-7-9-19-10-8-16-30-26(19)25/h1-18H,(H,31,32). The van der Waals surface area contributed by atoms with Crippen molar-refractivity contribution in [3.8, 4) is 17.2 Å². The van der Waals surface area contributed by atoms with E-state index < -0.39 is 21.9 Å². The number of para-hydroxylation sites is 1. The molecule has 6 rings (SSSR count). The van der Waals surface area contributed by atoms with Crippen molar-refractivity contribution in [3.63, 3.8) is 0 Å². The normalized spacial score (nSPS) is 13.8. The predicted octanol–water partition coefficient (Wildman–Crippen LogP) is 5.37. The van der Waals surface area contributed by atoms with Gasteiger partial charge in [0.2, 0.25) is 5.75 Å². The summed E-state index contributed by atoms with van der Waals surface area (Å²) in [6.07, 6.45) is 1.48. The number of hydrogen-bond acceptors (Lipinski definition) is 7. The highest BCUT2D eigenvalue weighted by molar-refractivity contribution is 7.87. The molecule has 0 saturated heterocycles. The fourth-order valence-electron chi connectivity index (χ4n) is 4.42. The smallest absolute Gasteiger partial charge is 0.341 e. The molecule has 1 aromatic heterocycles. The van der Waals surface area contributed by atoms with Crippen LogP contribution in [0.15, 0.2) is 114 Å². The van der Waals surface area contributed by atoms with Crippen LogP contribution in [0.4, 0.5) is 0 Å². The summed E-state index contributed by atoms with van der Waals surface area (Å²) < 4.78 is 45.2. The van der Waals surface area contributed by atoms with Crippen LogP contribution in [0.2, 0.25) is 0 Å². The summed E-state index contributed by atoms with van der Waals surface area (Å²) in [6, 6.07) is 28.6. The molecule has 0 bridgehead atoms. The lowest BCUT2D eigenvalue weighted by molar-refractivity contribution is -0.0464. The Hall–Kier alpha value is -4.89. The molecule has 0 saturated carbocycles. The Morgan fingerprint density at radius 1 is 0.816 bits per heavy atom. The molecule has 188 valence electrons. The monoisotopic (exact) mass is 525 g/mol. The number of pyridine rings is 1. The Morgan fingerprint density at radius 2 is 1.47 bits per heavy atom. The van der Waals surface area contributed by atoms with Gasteiger partial charge in [0, 0.05) is 28.8 Å². The summed E-state index contributed by atoms with van der Waals surface area (Å²) in [7, 11) is -4.46. The largest absolute Gasteiger partial charge is 0.478 e. The van der Waals surface area contributed by atoms with Gasteiger partial charge >= 0.3 is 21.9 Å². The van der Waals surface area contributed by atoms with E-state index in [9.17, 15) is 18.3 Å². The number of carbonyl (C=O) groups is 1. The van der Waals surface area contributed by atoms with E-state index in [2.05, 4.69) is 4.98 Å². The maximum Gasteiger partial charge on any atom is 0.341 e. The average Bonchev–Trinajstić information content (AvgIpc) is 3.35. The van der Waals surface area contributed by atoms with Crippen LogP contribution in [0, 0.1) is 0 Å². The summed E-state index contributed by atoms with van der Waals surface area (Å²) in [5, 5.41) is 10.4. The van der Waals surface area contributed by atoms with Crippen LogP contribution in [0.5, 0.6) is 17.2 Å². The lowest BCUT2D eigenvalue weighted by Gasteiger charge is -2.28. The van der Waals surface area contributed by atoms with Crippen molar-refractivity contribution in [2.45, 2.75) is 10.7 Å². The van der Waals surface area contributed by atoms with E-state index in [0.717, 1.165) is 6.07 Å². The van der Waals surface area contributed by atoms with Crippen molar-refractivity contribution < 1.29 is 32.0 Å². The number of aromatic carboxylic acids is 1. The van der Waals surface area contributed by atoms with Gasteiger partial charge in [-0.05, 0) is 18.2 Å². The third-order valence-electron chi connectivity index (χ3n) is 6.14. The molecular formula is C29H19NO7S. The van der Waals surface area contributed by atoms with Gasteiger partial charge in [-0.15, -0.1) is 0 Å². The maximum atomic E-state index is 13.5. The average molecular weight is 526 g/mol. The molecule has 0 radical (unpaired) electrons. The lowest BCUT2D eigenvalue weighted by Crippen LogP contribution is -2.36. The first kappa shape index (κ1) is 23.5. The molecular weight excluding hydrogens is 506 g/mol. The molecule has 1 N–H and O–H groups in total. The van der Waals surface area contributed by atoms with E-state index in [1.807, 2.05) is 36.4 Å². The van der Waals surface area contributed by atoms with Crippen LogP contribution in [0.25, 0.3) is 10.9 Å². The van der Waals surface area contributed by atoms with Crippen LogP contribution in [0.1, 0.15) is 21.5 Å². The molecule has 0 amide bonds. The first-order valence-electron chi connectivity index (χ1n) is 11.6. The van der Waals surface area contributed by atoms with Crippen molar-refractivity contribution in [3.05, 3.63) is 126 Å². The molecule has 0 spiro atoms. The molecule has 0 fully saturated rings. The third-order valence-corrected chi connectivity index (χ3v) is 7.41. The van der Waals surface area contributed by atoms with Gasteiger partial charge in [0.25, 0.3) is 0 Å². The highest BCUT2D eigenvalue weighted by atomic mass is 32.2. The SMILES string of the molecule is O=C(O)c1cc2c(c(OS(=O)(=O)c3cccc4cccnc34)c1)OC(c1ccccc1)(c1ccccc1)O2. The summed E-state index contributed by atoms with van der Waals surface area (Å²) in [5.41, 5.74) is 1.23. The Bertz CT molecular complexity index is 1740. The van der Waals surface area contributed by atoms with Crippen LogP contribution in [-0.2, 0) is 15.9 Å². The van der Waals surface area contributed by atoms with E-state index in [1.165, 1.54) is 18.3 Å². The van der Waals surface area contributed by atoms with Gasteiger partial charge in [0.1, 0.15) is 4.90 Å². The van der Waals surface area contributed by atoms with Gasteiger partial charge in [-0.1, -0.05) is 78.9 Å². The molecule has 38 heavy (non-hydrogen) atoms. The molecule has 0 unspecified atom stereocenters. The number of aromatic nitrogens is 1. The molecule has 2 heterocycles.